The molecular weight excluding hydrogens is 252 g/mol. The number of pyridine rings is 1. The van der Waals surface area contributed by atoms with E-state index >= 15 is 0 Å². The monoisotopic (exact) mass is 268 g/mol. The largest absolute Gasteiger partial charge is 0.378 e. The molecule has 1 fully saturated rings. The number of ether oxygens (including phenoxy) is 1. The van der Waals surface area contributed by atoms with Crippen LogP contribution in [0.25, 0.3) is 0 Å². The molecule has 0 aliphatic carbocycles. The maximum atomic E-state index is 12.6. The lowest BCUT2D eigenvalue weighted by Gasteiger charge is -2.29. The van der Waals surface area contributed by atoms with Crippen molar-refractivity contribution < 1.29 is 9.53 Å². The highest BCUT2D eigenvalue weighted by Gasteiger charge is 2.20. The lowest BCUT2D eigenvalue weighted by molar-refractivity contribution is 0.103. The molecule has 0 atom stereocenters. The summed E-state index contributed by atoms with van der Waals surface area (Å²) in [6.07, 6.45) is 1.73. The van der Waals surface area contributed by atoms with Crippen molar-refractivity contribution in [2.24, 2.45) is 0 Å². The van der Waals surface area contributed by atoms with Gasteiger partial charge in [-0.05, 0) is 12.1 Å². The molecule has 20 heavy (non-hydrogen) atoms. The van der Waals surface area contributed by atoms with E-state index in [1.165, 1.54) is 0 Å². The third-order valence-electron chi connectivity index (χ3n) is 3.38. The van der Waals surface area contributed by atoms with Crippen LogP contribution in [0.2, 0.25) is 0 Å². The van der Waals surface area contributed by atoms with Crippen LogP contribution in [0.5, 0.6) is 0 Å². The van der Waals surface area contributed by atoms with Gasteiger partial charge in [0.2, 0.25) is 0 Å². The van der Waals surface area contributed by atoms with E-state index in [0.29, 0.717) is 24.3 Å². The number of aromatic nitrogens is 1. The standard InChI is InChI=1S/C16H16N2O2/c19-15(13-5-2-1-3-6-13)14-7-4-8-17-16(14)18-9-11-20-12-10-18/h1-8H,9-12H2. The van der Waals surface area contributed by atoms with Crippen LogP contribution in [0.3, 0.4) is 0 Å². The Hall–Kier alpha value is -2.20. The summed E-state index contributed by atoms with van der Waals surface area (Å²) in [6.45, 7) is 2.89. The highest BCUT2D eigenvalue weighted by molar-refractivity contribution is 6.11. The molecule has 4 heteroatoms. The molecule has 1 saturated heterocycles. The van der Waals surface area contributed by atoms with Crippen molar-refractivity contribution in [1.29, 1.82) is 0 Å². The minimum atomic E-state index is 0.0141. The smallest absolute Gasteiger partial charge is 0.196 e. The van der Waals surface area contributed by atoms with Crippen LogP contribution < -0.4 is 4.90 Å². The molecule has 3 rings (SSSR count). The first kappa shape index (κ1) is 12.8. The zero-order valence-corrected chi connectivity index (χ0v) is 11.2. The van der Waals surface area contributed by atoms with Gasteiger partial charge in [-0.3, -0.25) is 4.79 Å². The van der Waals surface area contributed by atoms with Gasteiger partial charge >= 0.3 is 0 Å². The van der Waals surface area contributed by atoms with Crippen LogP contribution in [0.4, 0.5) is 5.82 Å². The summed E-state index contributed by atoms with van der Waals surface area (Å²) in [7, 11) is 0. The second kappa shape index (κ2) is 5.84. The van der Waals surface area contributed by atoms with E-state index in [2.05, 4.69) is 9.88 Å². The Kier molecular flexibility index (Phi) is 3.74. The maximum Gasteiger partial charge on any atom is 0.196 e. The molecule has 0 bridgehead atoms. The molecule has 1 aromatic carbocycles. The Balaban J connectivity index is 1.95. The summed E-state index contributed by atoms with van der Waals surface area (Å²) in [5.74, 6) is 0.768. The van der Waals surface area contributed by atoms with Crippen LogP contribution >= 0.6 is 0 Å². The van der Waals surface area contributed by atoms with Gasteiger partial charge in [-0.1, -0.05) is 30.3 Å². The topological polar surface area (TPSA) is 42.4 Å². The zero-order valence-electron chi connectivity index (χ0n) is 11.2. The van der Waals surface area contributed by atoms with Crippen LogP contribution in [-0.2, 0) is 4.74 Å². The van der Waals surface area contributed by atoms with Gasteiger partial charge < -0.3 is 9.64 Å². The second-order valence-electron chi connectivity index (χ2n) is 4.67. The molecule has 4 nitrogen and oxygen atoms in total. The van der Waals surface area contributed by atoms with Crippen LogP contribution in [0.15, 0.2) is 48.7 Å². The number of anilines is 1. The zero-order chi connectivity index (χ0) is 13.8. The highest BCUT2D eigenvalue weighted by Crippen LogP contribution is 2.21. The molecule has 1 aliphatic rings. The molecule has 0 spiro atoms. The van der Waals surface area contributed by atoms with Gasteiger partial charge in [0.15, 0.2) is 5.78 Å². The van der Waals surface area contributed by atoms with Gasteiger partial charge in [0.25, 0.3) is 0 Å². The lowest BCUT2D eigenvalue weighted by Crippen LogP contribution is -2.37. The fraction of sp³-hybridized carbons (Fsp3) is 0.250. The number of ketones is 1. The lowest BCUT2D eigenvalue weighted by atomic mass is 10.0. The van der Waals surface area contributed by atoms with Gasteiger partial charge in [-0.25, -0.2) is 4.98 Å². The van der Waals surface area contributed by atoms with E-state index in [-0.39, 0.29) is 5.78 Å². The molecule has 0 radical (unpaired) electrons. The first-order chi connectivity index (χ1) is 9.86. The molecule has 1 aromatic heterocycles. The molecule has 1 aliphatic heterocycles. The number of nitrogens with zero attached hydrogens (tertiary/aromatic N) is 2. The summed E-state index contributed by atoms with van der Waals surface area (Å²) < 4.78 is 5.35. The summed E-state index contributed by atoms with van der Waals surface area (Å²) >= 11 is 0. The van der Waals surface area contributed by atoms with Crippen molar-refractivity contribution in [3.8, 4) is 0 Å². The van der Waals surface area contributed by atoms with E-state index in [1.807, 2.05) is 36.4 Å². The fourth-order valence-electron chi connectivity index (χ4n) is 2.35. The van der Waals surface area contributed by atoms with E-state index in [0.717, 1.165) is 18.9 Å². The Bertz CT molecular complexity index is 592. The van der Waals surface area contributed by atoms with E-state index in [9.17, 15) is 4.79 Å². The van der Waals surface area contributed by atoms with Gasteiger partial charge in [-0.2, -0.15) is 0 Å². The quantitative estimate of drug-likeness (QED) is 0.800. The number of morpholine rings is 1. The van der Waals surface area contributed by atoms with Gasteiger partial charge in [0.05, 0.1) is 18.8 Å². The van der Waals surface area contributed by atoms with Crippen molar-refractivity contribution in [2.45, 2.75) is 0 Å². The second-order valence-corrected chi connectivity index (χ2v) is 4.67. The molecule has 2 aromatic rings. The predicted molar refractivity (Wildman–Crippen MR) is 77.1 cm³/mol. The van der Waals surface area contributed by atoms with Crippen molar-refractivity contribution in [3.05, 3.63) is 59.8 Å². The van der Waals surface area contributed by atoms with E-state index < -0.39 is 0 Å². The average Bonchev–Trinajstić information content (AvgIpc) is 2.56. The number of rotatable bonds is 3. The molecule has 0 N–H and O–H groups in total. The minimum Gasteiger partial charge on any atom is -0.378 e. The van der Waals surface area contributed by atoms with Crippen molar-refractivity contribution in [1.82, 2.24) is 4.98 Å². The number of hydrogen-bond donors (Lipinski definition) is 0. The summed E-state index contributed by atoms with van der Waals surface area (Å²) in [4.78, 5) is 19.1. The molecule has 0 unspecified atom stereocenters. The van der Waals surface area contributed by atoms with Crippen molar-refractivity contribution in [2.75, 3.05) is 31.2 Å². The predicted octanol–water partition coefficient (Wildman–Crippen LogP) is 2.15. The average molecular weight is 268 g/mol. The van der Waals surface area contributed by atoms with Gasteiger partial charge in [-0.15, -0.1) is 0 Å². The maximum absolute atomic E-state index is 12.6. The van der Waals surface area contributed by atoms with Gasteiger partial charge in [0.1, 0.15) is 5.82 Å². The van der Waals surface area contributed by atoms with Crippen molar-refractivity contribution in [3.63, 3.8) is 0 Å². The third-order valence-corrected chi connectivity index (χ3v) is 3.38. The Morgan fingerprint density at radius 1 is 1.05 bits per heavy atom. The normalized spacial score (nSPS) is 15.1. The first-order valence-electron chi connectivity index (χ1n) is 6.74. The third kappa shape index (κ3) is 2.56. The first-order valence-corrected chi connectivity index (χ1v) is 6.74. The van der Waals surface area contributed by atoms with Crippen LogP contribution in [0.1, 0.15) is 15.9 Å². The SMILES string of the molecule is O=C(c1ccccc1)c1cccnc1N1CCOCC1. The summed E-state index contributed by atoms with van der Waals surface area (Å²) in [5, 5.41) is 0. The number of carbonyl (C=O) groups is 1. The highest BCUT2D eigenvalue weighted by atomic mass is 16.5. The Labute approximate surface area is 118 Å². The summed E-state index contributed by atoms with van der Waals surface area (Å²) in [6, 6.07) is 13.0. The van der Waals surface area contributed by atoms with Crippen molar-refractivity contribution >= 4 is 11.6 Å². The molecule has 2 heterocycles. The number of hydrogen-bond acceptors (Lipinski definition) is 4. The molecule has 102 valence electrons. The molecular formula is C16H16N2O2. The van der Waals surface area contributed by atoms with E-state index in [1.54, 1.807) is 12.3 Å². The Morgan fingerprint density at radius 2 is 1.80 bits per heavy atom. The summed E-state index contributed by atoms with van der Waals surface area (Å²) in [5.41, 5.74) is 1.34. The van der Waals surface area contributed by atoms with Gasteiger partial charge in [0, 0.05) is 24.8 Å². The van der Waals surface area contributed by atoms with E-state index in [4.69, 9.17) is 4.74 Å². The van der Waals surface area contributed by atoms with Crippen LogP contribution in [-0.4, -0.2) is 37.1 Å². The minimum absolute atomic E-state index is 0.0141. The molecule has 0 saturated carbocycles. The molecule has 0 amide bonds. The number of benzene rings is 1. The fourth-order valence-corrected chi connectivity index (χ4v) is 2.35. The van der Waals surface area contributed by atoms with Crippen LogP contribution in [0, 0.1) is 0 Å². The Morgan fingerprint density at radius 3 is 2.55 bits per heavy atom. The number of carbonyl (C=O) groups excluding carboxylic acids is 1.